The first-order valence-corrected chi connectivity index (χ1v) is 7.50. The zero-order valence-electron chi connectivity index (χ0n) is 13.1. The van der Waals surface area contributed by atoms with Gasteiger partial charge in [-0.15, -0.1) is 0 Å². The molecule has 1 fully saturated rings. The lowest BCUT2D eigenvalue weighted by Gasteiger charge is -2.31. The predicted molar refractivity (Wildman–Crippen MR) is 84.7 cm³/mol. The Morgan fingerprint density at radius 1 is 1.36 bits per heavy atom. The average molecular weight is 305 g/mol. The third-order valence-electron chi connectivity index (χ3n) is 3.72. The van der Waals surface area contributed by atoms with Crippen LogP contribution in [-0.4, -0.2) is 54.5 Å². The molecule has 1 aliphatic heterocycles. The van der Waals surface area contributed by atoms with Gasteiger partial charge >= 0.3 is 6.03 Å². The quantitative estimate of drug-likeness (QED) is 0.765. The van der Waals surface area contributed by atoms with Crippen molar-refractivity contribution in [1.29, 1.82) is 0 Å². The summed E-state index contributed by atoms with van der Waals surface area (Å²) in [4.78, 5) is 29.5. The maximum Gasteiger partial charge on any atom is 0.319 e. The van der Waals surface area contributed by atoms with E-state index in [2.05, 4.69) is 25.8 Å². The fraction of sp³-hybridized carbons (Fsp3) is 0.533. The Balaban J connectivity index is 1.73. The van der Waals surface area contributed by atoms with Crippen molar-refractivity contribution in [2.75, 3.05) is 32.0 Å². The van der Waals surface area contributed by atoms with Crippen molar-refractivity contribution < 1.29 is 9.59 Å². The van der Waals surface area contributed by atoms with Crippen molar-refractivity contribution >= 4 is 17.6 Å². The van der Waals surface area contributed by atoms with Crippen LogP contribution in [0.4, 0.5) is 10.5 Å². The van der Waals surface area contributed by atoms with Crippen LogP contribution in [0.5, 0.6) is 0 Å². The van der Waals surface area contributed by atoms with E-state index in [0.29, 0.717) is 6.54 Å². The number of likely N-dealkylation sites (N-methyl/N-ethyl adjacent to an activating group) is 1. The molecule has 0 atom stereocenters. The molecule has 7 nitrogen and oxygen atoms in total. The summed E-state index contributed by atoms with van der Waals surface area (Å²) in [6.07, 6.45) is 3.36. The topological polar surface area (TPSA) is 86.4 Å². The van der Waals surface area contributed by atoms with Crippen LogP contribution in [0.15, 0.2) is 18.3 Å². The molecule has 120 valence electrons. The smallest absolute Gasteiger partial charge is 0.319 e. The minimum absolute atomic E-state index is 0.0252. The van der Waals surface area contributed by atoms with Gasteiger partial charge < -0.3 is 16.0 Å². The molecule has 2 rings (SSSR count). The van der Waals surface area contributed by atoms with Crippen LogP contribution in [0.25, 0.3) is 0 Å². The van der Waals surface area contributed by atoms with Crippen LogP contribution in [0.1, 0.15) is 18.5 Å². The zero-order valence-corrected chi connectivity index (χ0v) is 13.1. The Labute approximate surface area is 130 Å². The largest absolute Gasteiger partial charge is 0.358 e. The monoisotopic (exact) mass is 305 g/mol. The van der Waals surface area contributed by atoms with E-state index < -0.39 is 0 Å². The van der Waals surface area contributed by atoms with E-state index in [1.807, 2.05) is 13.0 Å². The number of piperidine rings is 1. The van der Waals surface area contributed by atoms with E-state index in [9.17, 15) is 9.59 Å². The van der Waals surface area contributed by atoms with Crippen molar-refractivity contribution in [2.45, 2.75) is 25.8 Å². The van der Waals surface area contributed by atoms with Gasteiger partial charge in [-0.2, -0.15) is 0 Å². The van der Waals surface area contributed by atoms with E-state index in [-0.39, 0.29) is 18.0 Å². The number of nitrogens with one attached hydrogen (secondary N) is 3. The third kappa shape index (κ3) is 5.00. The third-order valence-corrected chi connectivity index (χ3v) is 3.72. The highest BCUT2D eigenvalue weighted by atomic mass is 16.2. The molecule has 1 aromatic heterocycles. The molecule has 0 bridgehead atoms. The van der Waals surface area contributed by atoms with Gasteiger partial charge in [-0.25, -0.2) is 4.79 Å². The molecule has 0 unspecified atom stereocenters. The Morgan fingerprint density at radius 2 is 2.09 bits per heavy atom. The number of carbonyl (C=O) groups excluding carboxylic acids is 2. The molecule has 0 spiro atoms. The lowest BCUT2D eigenvalue weighted by molar-refractivity contribution is -0.122. The molecule has 1 aliphatic rings. The second kappa shape index (κ2) is 7.74. The highest BCUT2D eigenvalue weighted by molar-refractivity contribution is 5.89. The standard InChI is InChI=1S/C15H23N5O2/c1-11-9-13(3-6-17-11)19-15(22)18-12-4-7-20(8-5-12)10-14(21)16-2/h3,6,9,12H,4-5,7-8,10H2,1-2H3,(H,16,21)(H2,17,18,19,22). The summed E-state index contributed by atoms with van der Waals surface area (Å²) >= 11 is 0. The van der Waals surface area contributed by atoms with Crippen LogP contribution >= 0.6 is 0 Å². The molecular weight excluding hydrogens is 282 g/mol. The summed E-state index contributed by atoms with van der Waals surface area (Å²) in [6.45, 7) is 3.93. The fourth-order valence-electron chi connectivity index (χ4n) is 2.49. The molecule has 0 saturated carbocycles. The molecule has 0 radical (unpaired) electrons. The minimum Gasteiger partial charge on any atom is -0.358 e. The maximum atomic E-state index is 12.0. The number of likely N-dealkylation sites (tertiary alicyclic amines) is 1. The van der Waals surface area contributed by atoms with Gasteiger partial charge in [0.1, 0.15) is 0 Å². The van der Waals surface area contributed by atoms with Gasteiger partial charge in [-0.05, 0) is 31.9 Å². The van der Waals surface area contributed by atoms with E-state index in [1.165, 1.54) is 0 Å². The van der Waals surface area contributed by atoms with Crippen LogP contribution < -0.4 is 16.0 Å². The average Bonchev–Trinajstić information content (AvgIpc) is 2.49. The highest BCUT2D eigenvalue weighted by Gasteiger charge is 2.21. The first-order valence-electron chi connectivity index (χ1n) is 7.50. The number of nitrogens with zero attached hydrogens (tertiary/aromatic N) is 2. The number of urea groups is 1. The number of aryl methyl sites for hydroxylation is 1. The van der Waals surface area contributed by atoms with Crippen molar-refractivity contribution in [1.82, 2.24) is 20.5 Å². The Hall–Kier alpha value is -2.15. The summed E-state index contributed by atoms with van der Waals surface area (Å²) < 4.78 is 0. The molecular formula is C15H23N5O2. The molecule has 2 heterocycles. The van der Waals surface area contributed by atoms with Gasteiger partial charge in [0.25, 0.3) is 0 Å². The number of pyridine rings is 1. The van der Waals surface area contributed by atoms with E-state index >= 15 is 0 Å². The number of aromatic nitrogens is 1. The van der Waals surface area contributed by atoms with Crippen molar-refractivity contribution in [2.24, 2.45) is 0 Å². The molecule has 0 aliphatic carbocycles. The van der Waals surface area contributed by atoms with Crippen LogP contribution in [0.2, 0.25) is 0 Å². The maximum absolute atomic E-state index is 12.0. The minimum atomic E-state index is -0.199. The summed E-state index contributed by atoms with van der Waals surface area (Å²) in [5.74, 6) is 0.0252. The van der Waals surface area contributed by atoms with Gasteiger partial charge in [0.05, 0.1) is 6.54 Å². The number of carbonyl (C=O) groups is 2. The van der Waals surface area contributed by atoms with Gasteiger partial charge in [0.2, 0.25) is 5.91 Å². The highest BCUT2D eigenvalue weighted by Crippen LogP contribution is 2.11. The normalized spacial score (nSPS) is 16.1. The fourth-order valence-corrected chi connectivity index (χ4v) is 2.49. The molecule has 0 aromatic carbocycles. The van der Waals surface area contributed by atoms with E-state index in [0.717, 1.165) is 37.3 Å². The Kier molecular flexibility index (Phi) is 5.71. The lowest BCUT2D eigenvalue weighted by atomic mass is 10.1. The van der Waals surface area contributed by atoms with E-state index in [1.54, 1.807) is 19.3 Å². The summed E-state index contributed by atoms with van der Waals surface area (Å²) in [5.41, 5.74) is 1.60. The summed E-state index contributed by atoms with van der Waals surface area (Å²) in [7, 11) is 1.64. The predicted octanol–water partition coefficient (Wildman–Crippen LogP) is 0.722. The van der Waals surface area contributed by atoms with Crippen molar-refractivity contribution in [3.05, 3.63) is 24.0 Å². The van der Waals surface area contributed by atoms with Crippen LogP contribution in [-0.2, 0) is 4.79 Å². The SMILES string of the molecule is CNC(=O)CN1CCC(NC(=O)Nc2ccnc(C)c2)CC1. The zero-order chi connectivity index (χ0) is 15.9. The Bertz CT molecular complexity index is 526. The number of hydrogen-bond acceptors (Lipinski definition) is 4. The first-order chi connectivity index (χ1) is 10.6. The lowest BCUT2D eigenvalue weighted by Crippen LogP contribution is -2.48. The van der Waals surface area contributed by atoms with Crippen LogP contribution in [0.3, 0.4) is 0 Å². The number of hydrogen-bond donors (Lipinski definition) is 3. The van der Waals surface area contributed by atoms with Gasteiger partial charge in [-0.3, -0.25) is 14.7 Å². The van der Waals surface area contributed by atoms with Gasteiger partial charge in [-0.1, -0.05) is 0 Å². The Morgan fingerprint density at radius 3 is 2.73 bits per heavy atom. The van der Waals surface area contributed by atoms with Gasteiger partial charge in [0, 0.05) is 43.8 Å². The first kappa shape index (κ1) is 16.2. The van der Waals surface area contributed by atoms with Crippen molar-refractivity contribution in [3.8, 4) is 0 Å². The number of anilines is 1. The second-order valence-electron chi connectivity index (χ2n) is 5.51. The molecule has 3 N–H and O–H groups in total. The molecule has 22 heavy (non-hydrogen) atoms. The second-order valence-corrected chi connectivity index (χ2v) is 5.51. The van der Waals surface area contributed by atoms with Crippen LogP contribution in [0, 0.1) is 6.92 Å². The van der Waals surface area contributed by atoms with Crippen molar-refractivity contribution in [3.63, 3.8) is 0 Å². The molecule has 7 heteroatoms. The molecule has 3 amide bonds. The van der Waals surface area contributed by atoms with E-state index in [4.69, 9.17) is 0 Å². The summed E-state index contributed by atoms with van der Waals surface area (Å²) in [5, 5.41) is 8.41. The molecule has 1 saturated heterocycles. The summed E-state index contributed by atoms with van der Waals surface area (Å²) in [6, 6.07) is 3.53. The number of rotatable bonds is 4. The number of amides is 3. The molecule has 1 aromatic rings. The van der Waals surface area contributed by atoms with Gasteiger partial charge in [0.15, 0.2) is 0 Å².